The van der Waals surface area contributed by atoms with Gasteiger partial charge in [0.15, 0.2) is 0 Å². The molecule has 0 saturated carbocycles. The van der Waals surface area contributed by atoms with Crippen molar-refractivity contribution < 1.29 is 0 Å². The zero-order valence-corrected chi connectivity index (χ0v) is 24.1. The molecule has 0 atom stereocenters. The number of fused-ring (bicyclic) bond motifs is 6. The molecular weight excluding hydrogens is 566 g/mol. The lowest BCUT2D eigenvalue weighted by molar-refractivity contribution is 1.08. The highest BCUT2D eigenvalue weighted by Gasteiger charge is 2.26. The van der Waals surface area contributed by atoms with E-state index in [4.69, 9.17) is 19.9 Å². The SMILES string of the molecule is N#Cc1c(-n2c3cccc4c5nccnc5c5cccc2c5c43)cccc1-n1c2nccc3c4ccccc4c4ccnc1c4c32. The second-order valence-electron chi connectivity index (χ2n) is 11.8. The van der Waals surface area contributed by atoms with Crippen molar-refractivity contribution in [2.75, 3.05) is 0 Å². The van der Waals surface area contributed by atoms with E-state index in [0.29, 0.717) is 5.56 Å². The Balaban J connectivity index is 1.30. The Morgan fingerprint density at radius 1 is 0.435 bits per heavy atom. The van der Waals surface area contributed by atoms with Gasteiger partial charge in [-0.15, -0.1) is 0 Å². The van der Waals surface area contributed by atoms with Crippen LogP contribution in [0.1, 0.15) is 5.56 Å². The fourth-order valence-electron chi connectivity index (χ4n) is 7.97. The molecule has 11 aromatic rings. The molecule has 0 aliphatic carbocycles. The molecular formula is C39H19N7. The van der Waals surface area contributed by atoms with E-state index in [1.807, 2.05) is 30.6 Å². The molecule has 0 spiro atoms. The van der Waals surface area contributed by atoms with Gasteiger partial charge in [-0.2, -0.15) is 5.26 Å². The van der Waals surface area contributed by atoms with Crippen LogP contribution in [0.2, 0.25) is 0 Å². The van der Waals surface area contributed by atoms with Crippen LogP contribution in [0.4, 0.5) is 0 Å². The highest BCUT2D eigenvalue weighted by atomic mass is 15.1. The Morgan fingerprint density at radius 2 is 0.935 bits per heavy atom. The maximum absolute atomic E-state index is 11.0. The van der Waals surface area contributed by atoms with Crippen molar-refractivity contribution in [1.29, 1.82) is 5.26 Å². The summed E-state index contributed by atoms with van der Waals surface area (Å²) in [5.41, 5.74) is 7.43. The van der Waals surface area contributed by atoms with Crippen LogP contribution in [0.15, 0.2) is 116 Å². The summed E-state index contributed by atoms with van der Waals surface area (Å²) >= 11 is 0. The van der Waals surface area contributed by atoms with E-state index in [2.05, 4.69) is 88.0 Å². The Hall–Kier alpha value is -6.65. The molecule has 0 unspecified atom stereocenters. The summed E-state index contributed by atoms with van der Waals surface area (Å²) < 4.78 is 4.28. The van der Waals surface area contributed by atoms with Gasteiger partial charge in [-0.3, -0.25) is 14.5 Å². The molecule has 0 N–H and O–H groups in total. The standard InChI is InChI=1S/C39H19N7/c40-20-27-28(45-30-12-3-8-25-32(30)33-26(9-4-13-31(33)45)37-36(25)41-18-19-42-37)10-5-11-29(27)46-38-34-23(14-16-43-38)21-6-1-2-7-22(21)24-15-17-44-39(46)35(24)34/h1-19H. The third kappa shape index (κ3) is 2.69. The van der Waals surface area contributed by atoms with Crippen molar-refractivity contribution in [2.24, 2.45) is 0 Å². The first-order chi connectivity index (χ1) is 22.8. The Morgan fingerprint density at radius 3 is 1.48 bits per heavy atom. The lowest BCUT2D eigenvalue weighted by Crippen LogP contribution is -2.04. The predicted octanol–water partition coefficient (Wildman–Crippen LogP) is 8.82. The normalized spacial score (nSPS) is 12.3. The van der Waals surface area contributed by atoms with Gasteiger partial charge in [0.05, 0.1) is 33.4 Å². The molecule has 0 radical (unpaired) electrons. The Bertz CT molecular complexity index is 2730. The zero-order chi connectivity index (χ0) is 30.1. The van der Waals surface area contributed by atoms with Crippen molar-refractivity contribution in [2.45, 2.75) is 0 Å². The lowest BCUT2D eigenvalue weighted by atomic mass is 9.97. The number of pyridine rings is 2. The molecule has 0 aliphatic rings. The molecule has 0 bridgehead atoms. The monoisotopic (exact) mass is 585 g/mol. The number of hydrogen-bond donors (Lipinski definition) is 0. The summed E-state index contributed by atoms with van der Waals surface area (Å²) in [4.78, 5) is 19.3. The van der Waals surface area contributed by atoms with Crippen molar-refractivity contribution in [3.8, 4) is 17.4 Å². The summed E-state index contributed by atoms with van der Waals surface area (Å²) in [6.45, 7) is 0. The number of nitriles is 1. The summed E-state index contributed by atoms with van der Waals surface area (Å²) in [5.74, 6) is 0. The quantitative estimate of drug-likeness (QED) is 0.189. The van der Waals surface area contributed by atoms with Crippen LogP contribution in [0.5, 0.6) is 0 Å². The van der Waals surface area contributed by atoms with Crippen molar-refractivity contribution in [1.82, 2.24) is 29.1 Å². The highest BCUT2D eigenvalue weighted by Crippen LogP contribution is 2.45. The fraction of sp³-hybridized carbons (Fsp3) is 0. The topological polar surface area (TPSA) is 85.2 Å². The number of aromatic nitrogens is 6. The van der Waals surface area contributed by atoms with Crippen LogP contribution in [0.25, 0.3) is 98.6 Å². The maximum atomic E-state index is 11.0. The first kappa shape index (κ1) is 23.8. The van der Waals surface area contributed by atoms with Crippen LogP contribution >= 0.6 is 0 Å². The molecule has 6 aromatic carbocycles. The van der Waals surface area contributed by atoms with Gasteiger partial charge >= 0.3 is 0 Å². The number of nitrogens with zero attached hydrogens (tertiary/aromatic N) is 7. The van der Waals surface area contributed by atoms with Crippen LogP contribution in [0.3, 0.4) is 0 Å². The van der Waals surface area contributed by atoms with Crippen LogP contribution in [-0.2, 0) is 0 Å². The molecule has 210 valence electrons. The number of rotatable bonds is 2. The van der Waals surface area contributed by atoms with Crippen LogP contribution in [-0.4, -0.2) is 29.1 Å². The summed E-state index contributed by atoms with van der Waals surface area (Å²) in [6.07, 6.45) is 7.21. The van der Waals surface area contributed by atoms with E-state index >= 15 is 0 Å². The molecule has 0 amide bonds. The van der Waals surface area contributed by atoms with E-state index in [9.17, 15) is 5.26 Å². The average molecular weight is 586 g/mol. The third-order valence-electron chi connectivity index (χ3n) is 9.68. The largest absolute Gasteiger partial charge is 0.308 e. The summed E-state index contributed by atoms with van der Waals surface area (Å²) in [5, 5.41) is 22.0. The first-order valence-electron chi connectivity index (χ1n) is 15.1. The zero-order valence-electron chi connectivity index (χ0n) is 24.1. The Kier molecular flexibility index (Phi) is 4.28. The maximum Gasteiger partial charge on any atom is 0.147 e. The van der Waals surface area contributed by atoms with E-state index in [-0.39, 0.29) is 0 Å². The van der Waals surface area contributed by atoms with Gasteiger partial charge in [0.25, 0.3) is 0 Å². The van der Waals surface area contributed by atoms with E-state index < -0.39 is 0 Å². The average Bonchev–Trinajstić information content (AvgIpc) is 3.64. The lowest BCUT2D eigenvalue weighted by Gasteiger charge is -2.15. The van der Waals surface area contributed by atoms with Crippen molar-refractivity contribution >= 4 is 87.2 Å². The molecule has 5 heterocycles. The minimum atomic E-state index is 0.542. The molecule has 7 nitrogen and oxygen atoms in total. The van der Waals surface area contributed by atoms with Gasteiger partial charge in [-0.1, -0.05) is 54.6 Å². The van der Waals surface area contributed by atoms with Crippen LogP contribution < -0.4 is 0 Å². The van der Waals surface area contributed by atoms with E-state index in [0.717, 1.165) is 87.8 Å². The molecule has 0 fully saturated rings. The summed E-state index contributed by atoms with van der Waals surface area (Å²) in [6, 6.07) is 33.9. The first-order valence-corrected chi connectivity index (χ1v) is 15.1. The molecule has 5 aromatic heterocycles. The molecule has 7 heteroatoms. The van der Waals surface area contributed by atoms with Gasteiger partial charge in [-0.25, -0.2) is 9.97 Å². The van der Waals surface area contributed by atoms with Crippen molar-refractivity contribution in [3.63, 3.8) is 0 Å². The van der Waals surface area contributed by atoms with Crippen molar-refractivity contribution in [3.05, 3.63) is 121 Å². The Labute approximate surface area is 259 Å². The second kappa shape index (κ2) is 8.29. The fourth-order valence-corrected chi connectivity index (χ4v) is 7.97. The van der Waals surface area contributed by atoms with E-state index in [1.165, 1.54) is 10.8 Å². The van der Waals surface area contributed by atoms with Gasteiger partial charge in [-0.05, 0) is 57.9 Å². The smallest absolute Gasteiger partial charge is 0.147 e. The van der Waals surface area contributed by atoms with Gasteiger partial charge in [0.2, 0.25) is 0 Å². The molecule has 11 rings (SSSR count). The van der Waals surface area contributed by atoms with E-state index in [1.54, 1.807) is 12.4 Å². The van der Waals surface area contributed by atoms with Gasteiger partial charge in [0, 0.05) is 57.1 Å². The summed E-state index contributed by atoms with van der Waals surface area (Å²) in [7, 11) is 0. The minimum absolute atomic E-state index is 0.542. The number of benzene rings is 6. The number of hydrogen-bond acceptors (Lipinski definition) is 5. The third-order valence-corrected chi connectivity index (χ3v) is 9.68. The highest BCUT2D eigenvalue weighted by molar-refractivity contribution is 6.34. The molecule has 46 heavy (non-hydrogen) atoms. The molecule has 0 saturated heterocycles. The predicted molar refractivity (Wildman–Crippen MR) is 183 cm³/mol. The van der Waals surface area contributed by atoms with Gasteiger partial charge < -0.3 is 4.57 Å². The molecule has 0 aliphatic heterocycles. The van der Waals surface area contributed by atoms with Crippen LogP contribution in [0, 0.1) is 11.3 Å². The van der Waals surface area contributed by atoms with Gasteiger partial charge in [0.1, 0.15) is 22.9 Å². The minimum Gasteiger partial charge on any atom is -0.308 e. The second-order valence-corrected chi connectivity index (χ2v) is 11.8.